The lowest BCUT2D eigenvalue weighted by atomic mass is 10.1. The topological polar surface area (TPSA) is 67.3 Å². The third-order valence-electron chi connectivity index (χ3n) is 1.46. The van der Waals surface area contributed by atoms with Crippen LogP contribution in [0.4, 0.5) is 0 Å². The molecule has 0 saturated heterocycles. The van der Waals surface area contributed by atoms with Gasteiger partial charge in [-0.15, -0.1) is 0 Å². The standard InChI is InChI=1S/C9H7NO3/c1-2-7(11)6-4-3-5-10-8(6)9(12)13/h2-5H,1H2,(H,12,13). The zero-order chi connectivity index (χ0) is 9.84. The summed E-state index contributed by atoms with van der Waals surface area (Å²) in [4.78, 5) is 25.3. The monoisotopic (exact) mass is 177 g/mol. The fraction of sp³-hybridized carbons (Fsp3) is 0. The molecule has 0 amide bonds. The Morgan fingerprint density at radius 1 is 1.54 bits per heavy atom. The van der Waals surface area contributed by atoms with Gasteiger partial charge in [-0.05, 0) is 18.2 Å². The van der Waals surface area contributed by atoms with Gasteiger partial charge in [0.15, 0.2) is 11.5 Å². The molecule has 1 rings (SSSR count). The normalized spacial score (nSPS) is 9.23. The summed E-state index contributed by atoms with van der Waals surface area (Å²) < 4.78 is 0. The highest BCUT2D eigenvalue weighted by Gasteiger charge is 2.14. The lowest BCUT2D eigenvalue weighted by Crippen LogP contribution is -2.08. The van der Waals surface area contributed by atoms with Crippen molar-refractivity contribution >= 4 is 11.8 Å². The van der Waals surface area contributed by atoms with Gasteiger partial charge in [-0.1, -0.05) is 6.58 Å². The number of aromatic nitrogens is 1. The first kappa shape index (κ1) is 9.12. The minimum Gasteiger partial charge on any atom is -0.476 e. The first-order chi connectivity index (χ1) is 6.16. The molecule has 0 radical (unpaired) electrons. The van der Waals surface area contributed by atoms with Crippen molar-refractivity contribution in [2.24, 2.45) is 0 Å². The van der Waals surface area contributed by atoms with Crippen molar-refractivity contribution in [3.8, 4) is 0 Å². The van der Waals surface area contributed by atoms with Crippen LogP contribution >= 0.6 is 0 Å². The number of carbonyl (C=O) groups is 2. The number of allylic oxidation sites excluding steroid dienone is 1. The summed E-state index contributed by atoms with van der Waals surface area (Å²) in [5.74, 6) is -1.66. The third-order valence-corrected chi connectivity index (χ3v) is 1.46. The first-order valence-corrected chi connectivity index (χ1v) is 3.52. The molecule has 0 aliphatic carbocycles. The van der Waals surface area contributed by atoms with Crippen LogP contribution in [0.2, 0.25) is 0 Å². The van der Waals surface area contributed by atoms with Gasteiger partial charge in [0.25, 0.3) is 0 Å². The van der Waals surface area contributed by atoms with Crippen LogP contribution in [0.15, 0.2) is 31.0 Å². The van der Waals surface area contributed by atoms with Crippen molar-refractivity contribution in [3.63, 3.8) is 0 Å². The summed E-state index contributed by atoms with van der Waals surface area (Å²) in [5.41, 5.74) is -0.183. The number of pyridine rings is 1. The van der Waals surface area contributed by atoms with Crippen LogP contribution in [0, 0.1) is 0 Å². The fourth-order valence-electron chi connectivity index (χ4n) is 0.885. The highest BCUT2D eigenvalue weighted by atomic mass is 16.4. The Kier molecular flexibility index (Phi) is 2.54. The summed E-state index contributed by atoms with van der Waals surface area (Å²) in [5, 5.41) is 8.66. The number of carbonyl (C=O) groups excluding carboxylic acids is 1. The van der Waals surface area contributed by atoms with E-state index >= 15 is 0 Å². The second-order valence-corrected chi connectivity index (χ2v) is 2.27. The van der Waals surface area contributed by atoms with Crippen molar-refractivity contribution in [3.05, 3.63) is 42.2 Å². The molecule has 4 heteroatoms. The number of aromatic carboxylic acids is 1. The zero-order valence-corrected chi connectivity index (χ0v) is 6.73. The number of hydrogen-bond acceptors (Lipinski definition) is 3. The second kappa shape index (κ2) is 3.62. The van der Waals surface area contributed by atoms with E-state index in [1.807, 2.05) is 0 Å². The Balaban J connectivity index is 3.27. The molecule has 0 aliphatic rings. The molecule has 0 bridgehead atoms. The predicted molar refractivity (Wildman–Crippen MR) is 45.7 cm³/mol. The maximum Gasteiger partial charge on any atom is 0.355 e. The van der Waals surface area contributed by atoms with E-state index in [1.165, 1.54) is 18.3 Å². The molecule has 1 heterocycles. The van der Waals surface area contributed by atoms with E-state index in [9.17, 15) is 9.59 Å². The highest BCUT2D eigenvalue weighted by molar-refractivity contribution is 6.09. The van der Waals surface area contributed by atoms with Crippen LogP contribution in [0.5, 0.6) is 0 Å². The number of nitrogens with zero attached hydrogens (tertiary/aromatic N) is 1. The van der Waals surface area contributed by atoms with E-state index in [0.717, 1.165) is 6.08 Å². The Bertz CT molecular complexity index is 371. The van der Waals surface area contributed by atoms with Crippen LogP contribution < -0.4 is 0 Å². The predicted octanol–water partition coefficient (Wildman–Crippen LogP) is 1.15. The number of rotatable bonds is 3. The van der Waals surface area contributed by atoms with Crippen LogP contribution in [0.25, 0.3) is 0 Å². The van der Waals surface area contributed by atoms with Gasteiger partial charge in [0, 0.05) is 6.20 Å². The largest absolute Gasteiger partial charge is 0.476 e. The maximum atomic E-state index is 11.1. The van der Waals surface area contributed by atoms with E-state index in [2.05, 4.69) is 11.6 Å². The van der Waals surface area contributed by atoms with Crippen LogP contribution in [0.3, 0.4) is 0 Å². The molecule has 0 atom stereocenters. The minimum absolute atomic E-state index is 0.0602. The SMILES string of the molecule is C=CC(=O)c1cccnc1C(=O)O. The lowest BCUT2D eigenvalue weighted by molar-refractivity contribution is 0.0686. The number of ketones is 1. The average molecular weight is 177 g/mol. The molecule has 0 aromatic carbocycles. The van der Waals surface area contributed by atoms with Gasteiger partial charge >= 0.3 is 5.97 Å². The van der Waals surface area contributed by atoms with E-state index in [1.54, 1.807) is 0 Å². The second-order valence-electron chi connectivity index (χ2n) is 2.27. The van der Waals surface area contributed by atoms with Gasteiger partial charge in [-0.3, -0.25) is 4.79 Å². The van der Waals surface area contributed by atoms with Crippen LogP contribution in [-0.2, 0) is 0 Å². The molecule has 0 aliphatic heterocycles. The summed E-state index contributed by atoms with van der Waals surface area (Å²) in [6.07, 6.45) is 2.38. The molecule has 4 nitrogen and oxygen atoms in total. The van der Waals surface area contributed by atoms with Gasteiger partial charge in [-0.2, -0.15) is 0 Å². The van der Waals surface area contributed by atoms with Gasteiger partial charge < -0.3 is 5.11 Å². The van der Waals surface area contributed by atoms with Crippen molar-refractivity contribution in [2.75, 3.05) is 0 Å². The van der Waals surface area contributed by atoms with Crippen LogP contribution in [-0.4, -0.2) is 21.8 Å². The third kappa shape index (κ3) is 1.79. The molecule has 0 fully saturated rings. The maximum absolute atomic E-state index is 11.1. The summed E-state index contributed by atoms with van der Waals surface area (Å²) in [6, 6.07) is 2.91. The van der Waals surface area contributed by atoms with Crippen LogP contribution in [0.1, 0.15) is 20.8 Å². The first-order valence-electron chi connectivity index (χ1n) is 3.52. The zero-order valence-electron chi connectivity index (χ0n) is 6.73. The van der Waals surface area contributed by atoms with Gasteiger partial charge in [-0.25, -0.2) is 9.78 Å². The summed E-state index contributed by atoms with van der Waals surface area (Å²) in [6.45, 7) is 3.27. The molecular weight excluding hydrogens is 170 g/mol. The van der Waals surface area contributed by atoms with E-state index in [0.29, 0.717) is 0 Å². The smallest absolute Gasteiger partial charge is 0.355 e. The average Bonchev–Trinajstić information content (AvgIpc) is 2.16. The summed E-state index contributed by atoms with van der Waals surface area (Å²) in [7, 11) is 0. The van der Waals surface area contributed by atoms with Crippen molar-refractivity contribution in [1.29, 1.82) is 0 Å². The Labute approximate surface area is 74.5 Å². The van der Waals surface area contributed by atoms with Crippen molar-refractivity contribution in [2.45, 2.75) is 0 Å². The number of carboxylic acids is 1. The van der Waals surface area contributed by atoms with Gasteiger partial charge in [0.05, 0.1) is 5.56 Å². The van der Waals surface area contributed by atoms with E-state index in [-0.39, 0.29) is 11.3 Å². The molecule has 1 N–H and O–H groups in total. The quantitative estimate of drug-likeness (QED) is 0.555. The minimum atomic E-state index is -1.22. The molecule has 1 aromatic heterocycles. The van der Waals surface area contributed by atoms with Crippen molar-refractivity contribution < 1.29 is 14.7 Å². The van der Waals surface area contributed by atoms with E-state index < -0.39 is 11.8 Å². The van der Waals surface area contributed by atoms with E-state index in [4.69, 9.17) is 5.11 Å². The molecule has 0 spiro atoms. The molecule has 0 saturated carbocycles. The Morgan fingerprint density at radius 3 is 2.77 bits per heavy atom. The van der Waals surface area contributed by atoms with Crippen molar-refractivity contribution in [1.82, 2.24) is 4.98 Å². The van der Waals surface area contributed by atoms with Gasteiger partial charge in [0.1, 0.15) is 0 Å². The highest BCUT2D eigenvalue weighted by Crippen LogP contribution is 2.06. The summed E-state index contributed by atoms with van der Waals surface area (Å²) >= 11 is 0. The molecular formula is C9H7NO3. The molecule has 66 valence electrons. The lowest BCUT2D eigenvalue weighted by Gasteiger charge is -1.99. The molecule has 13 heavy (non-hydrogen) atoms. The van der Waals surface area contributed by atoms with Gasteiger partial charge in [0.2, 0.25) is 0 Å². The molecule has 0 unspecified atom stereocenters. The fourth-order valence-corrected chi connectivity index (χ4v) is 0.885. The Morgan fingerprint density at radius 2 is 2.23 bits per heavy atom. The Hall–Kier alpha value is -1.97. The molecule has 1 aromatic rings. The number of carboxylic acid groups (broad SMARTS) is 1. The number of hydrogen-bond donors (Lipinski definition) is 1.